The minimum absolute atomic E-state index is 0.0171. The van der Waals surface area contributed by atoms with Gasteiger partial charge in [0.1, 0.15) is 5.75 Å². The molecule has 0 saturated carbocycles. The first-order valence-corrected chi connectivity index (χ1v) is 5.68. The van der Waals surface area contributed by atoms with E-state index in [9.17, 15) is 4.79 Å². The monoisotopic (exact) mass is 244 g/mol. The van der Waals surface area contributed by atoms with Crippen LogP contribution < -0.4 is 4.74 Å². The molecule has 0 aromatic heterocycles. The van der Waals surface area contributed by atoms with Crippen molar-refractivity contribution in [2.45, 2.75) is 18.2 Å². The van der Waals surface area contributed by atoms with Gasteiger partial charge in [0.25, 0.3) is 0 Å². The fourth-order valence-electron chi connectivity index (χ4n) is 1.28. The molecule has 1 aromatic carbocycles. The molecular weight excluding hydrogens is 232 g/mol. The van der Waals surface area contributed by atoms with Crippen molar-refractivity contribution >= 4 is 30.0 Å². The van der Waals surface area contributed by atoms with Crippen molar-refractivity contribution in [1.29, 1.82) is 0 Å². The second-order valence-electron chi connectivity index (χ2n) is 3.05. The Morgan fingerprint density at radius 2 is 2.27 bits per heavy atom. The van der Waals surface area contributed by atoms with Crippen molar-refractivity contribution in [3.63, 3.8) is 0 Å². The average Bonchev–Trinajstić information content (AvgIpc) is 2.23. The topological polar surface area (TPSA) is 26.3 Å². The summed E-state index contributed by atoms with van der Waals surface area (Å²) in [6, 6.07) is 5.54. The molecule has 0 aliphatic heterocycles. The molecule has 0 radical (unpaired) electrons. The molecule has 0 saturated heterocycles. The van der Waals surface area contributed by atoms with Crippen LogP contribution in [0.2, 0.25) is 0 Å². The van der Waals surface area contributed by atoms with Crippen LogP contribution in [0.15, 0.2) is 23.1 Å². The third kappa shape index (κ3) is 3.43. The summed E-state index contributed by atoms with van der Waals surface area (Å²) in [5, 5.41) is 0. The maximum atomic E-state index is 11.2. The van der Waals surface area contributed by atoms with Gasteiger partial charge >= 0.3 is 0 Å². The molecule has 15 heavy (non-hydrogen) atoms. The Kier molecular flexibility index (Phi) is 4.99. The Labute approximate surface area is 100.0 Å². The van der Waals surface area contributed by atoms with Gasteiger partial charge in [-0.3, -0.25) is 4.79 Å². The van der Waals surface area contributed by atoms with E-state index in [-0.39, 0.29) is 11.7 Å². The lowest BCUT2D eigenvalue weighted by atomic mass is 10.1. The summed E-state index contributed by atoms with van der Waals surface area (Å²) in [5.41, 5.74) is 0.843. The first kappa shape index (κ1) is 12.4. The fraction of sp³-hybridized carbons (Fsp3) is 0.364. The molecular formula is C11H13ClO2S. The SMILES string of the molecule is CCOc1c(S)cccc1CC(=O)CCl. The number of carbonyl (C=O) groups excluding carboxylic acids is 1. The lowest BCUT2D eigenvalue weighted by molar-refractivity contribution is -0.116. The highest BCUT2D eigenvalue weighted by Crippen LogP contribution is 2.27. The third-order valence-electron chi connectivity index (χ3n) is 1.90. The lowest BCUT2D eigenvalue weighted by Gasteiger charge is -2.11. The van der Waals surface area contributed by atoms with Crippen LogP contribution in [-0.2, 0) is 11.2 Å². The second-order valence-corrected chi connectivity index (χ2v) is 3.80. The number of para-hydroxylation sites is 1. The van der Waals surface area contributed by atoms with Crippen LogP contribution in [0, 0.1) is 0 Å². The Bertz CT molecular complexity index is 352. The van der Waals surface area contributed by atoms with E-state index in [4.69, 9.17) is 16.3 Å². The molecule has 0 aliphatic rings. The van der Waals surface area contributed by atoms with Gasteiger partial charge in [0.05, 0.1) is 12.5 Å². The van der Waals surface area contributed by atoms with Crippen LogP contribution in [0.1, 0.15) is 12.5 Å². The molecule has 0 aliphatic carbocycles. The van der Waals surface area contributed by atoms with E-state index in [0.29, 0.717) is 18.8 Å². The zero-order chi connectivity index (χ0) is 11.3. The molecule has 0 amide bonds. The normalized spacial score (nSPS) is 10.1. The third-order valence-corrected chi connectivity index (χ3v) is 2.55. The standard InChI is InChI=1S/C11H13ClO2S/c1-2-14-11-8(6-9(13)7-12)4-3-5-10(11)15/h3-5,15H,2,6-7H2,1H3. The van der Waals surface area contributed by atoms with Crippen LogP contribution >= 0.6 is 24.2 Å². The molecule has 0 heterocycles. The van der Waals surface area contributed by atoms with Gasteiger partial charge in [-0.2, -0.15) is 0 Å². The Hall–Kier alpha value is -0.670. The van der Waals surface area contributed by atoms with Crippen LogP contribution in [0.3, 0.4) is 0 Å². The van der Waals surface area contributed by atoms with E-state index in [2.05, 4.69) is 12.6 Å². The van der Waals surface area contributed by atoms with E-state index in [1.807, 2.05) is 25.1 Å². The van der Waals surface area contributed by atoms with Crippen molar-refractivity contribution in [3.8, 4) is 5.75 Å². The highest BCUT2D eigenvalue weighted by atomic mass is 35.5. The Balaban J connectivity index is 2.94. The number of hydrogen-bond donors (Lipinski definition) is 1. The van der Waals surface area contributed by atoms with E-state index in [0.717, 1.165) is 10.5 Å². The van der Waals surface area contributed by atoms with E-state index in [1.165, 1.54) is 0 Å². The minimum atomic E-state index is -0.0171. The largest absolute Gasteiger partial charge is 0.492 e. The predicted molar refractivity (Wildman–Crippen MR) is 64.3 cm³/mol. The van der Waals surface area contributed by atoms with Gasteiger partial charge in [-0.25, -0.2) is 0 Å². The molecule has 0 bridgehead atoms. The lowest BCUT2D eigenvalue weighted by Crippen LogP contribution is -2.06. The van der Waals surface area contributed by atoms with Crippen LogP contribution in [-0.4, -0.2) is 18.3 Å². The second kappa shape index (κ2) is 6.03. The molecule has 4 heteroatoms. The Morgan fingerprint density at radius 3 is 2.87 bits per heavy atom. The highest BCUT2D eigenvalue weighted by molar-refractivity contribution is 7.80. The molecule has 82 valence electrons. The van der Waals surface area contributed by atoms with Crippen LogP contribution in [0.5, 0.6) is 5.75 Å². The molecule has 0 unspecified atom stereocenters. The number of carbonyl (C=O) groups is 1. The average molecular weight is 245 g/mol. The molecule has 1 aromatic rings. The van der Waals surface area contributed by atoms with Gasteiger partial charge in [0, 0.05) is 16.9 Å². The van der Waals surface area contributed by atoms with Crippen LogP contribution in [0.4, 0.5) is 0 Å². The van der Waals surface area contributed by atoms with Crippen molar-refractivity contribution in [2.75, 3.05) is 12.5 Å². The summed E-state index contributed by atoms with van der Waals surface area (Å²) in [5.74, 6) is 0.695. The van der Waals surface area contributed by atoms with Crippen molar-refractivity contribution in [2.24, 2.45) is 0 Å². The molecule has 1 rings (SSSR count). The fourth-order valence-corrected chi connectivity index (χ4v) is 1.67. The summed E-state index contributed by atoms with van der Waals surface area (Å²) >= 11 is 9.75. The van der Waals surface area contributed by atoms with E-state index < -0.39 is 0 Å². The quantitative estimate of drug-likeness (QED) is 0.637. The number of benzene rings is 1. The summed E-state index contributed by atoms with van der Waals surface area (Å²) in [6.45, 7) is 2.45. The van der Waals surface area contributed by atoms with Gasteiger partial charge in [0.15, 0.2) is 5.78 Å². The molecule has 0 fully saturated rings. The van der Waals surface area contributed by atoms with Gasteiger partial charge < -0.3 is 4.74 Å². The molecule has 0 atom stereocenters. The van der Waals surface area contributed by atoms with Crippen molar-refractivity contribution in [3.05, 3.63) is 23.8 Å². The van der Waals surface area contributed by atoms with E-state index in [1.54, 1.807) is 0 Å². The van der Waals surface area contributed by atoms with Gasteiger partial charge in [-0.15, -0.1) is 24.2 Å². The number of ketones is 1. The minimum Gasteiger partial charge on any atom is -0.492 e. The number of alkyl halides is 1. The number of ether oxygens (including phenoxy) is 1. The number of rotatable bonds is 5. The van der Waals surface area contributed by atoms with Crippen LogP contribution in [0.25, 0.3) is 0 Å². The van der Waals surface area contributed by atoms with Crippen molar-refractivity contribution in [1.82, 2.24) is 0 Å². The first-order valence-electron chi connectivity index (χ1n) is 4.70. The zero-order valence-corrected chi connectivity index (χ0v) is 10.1. The predicted octanol–water partition coefficient (Wildman–Crippen LogP) is 2.72. The van der Waals surface area contributed by atoms with Gasteiger partial charge in [-0.1, -0.05) is 12.1 Å². The molecule has 0 N–H and O–H groups in total. The number of halogens is 1. The molecule has 2 nitrogen and oxygen atoms in total. The molecule has 0 spiro atoms. The smallest absolute Gasteiger partial charge is 0.152 e. The zero-order valence-electron chi connectivity index (χ0n) is 8.50. The maximum Gasteiger partial charge on any atom is 0.152 e. The maximum absolute atomic E-state index is 11.2. The van der Waals surface area contributed by atoms with Crippen molar-refractivity contribution < 1.29 is 9.53 Å². The summed E-state index contributed by atoms with van der Waals surface area (Å²) in [6.07, 6.45) is 0.299. The summed E-state index contributed by atoms with van der Waals surface area (Å²) < 4.78 is 5.44. The van der Waals surface area contributed by atoms with Gasteiger partial charge in [-0.05, 0) is 13.0 Å². The highest BCUT2D eigenvalue weighted by Gasteiger charge is 2.10. The van der Waals surface area contributed by atoms with E-state index >= 15 is 0 Å². The number of Topliss-reactive ketones (excluding diaryl/α,β-unsaturated/α-hetero) is 1. The summed E-state index contributed by atoms with van der Waals surface area (Å²) in [7, 11) is 0. The Morgan fingerprint density at radius 1 is 1.53 bits per heavy atom. The first-order chi connectivity index (χ1) is 7.19. The number of thiol groups is 1. The number of hydrogen-bond acceptors (Lipinski definition) is 3. The van der Waals surface area contributed by atoms with Gasteiger partial charge in [0.2, 0.25) is 0 Å². The summed E-state index contributed by atoms with van der Waals surface area (Å²) in [4.78, 5) is 12.0.